The topological polar surface area (TPSA) is 86.8 Å². The first-order valence-electron chi connectivity index (χ1n) is 12.4. The SMILES string of the molecule is Cc1ccc(CN(C(=O)CN(c2ccc(Cl)cc2C)S(=O)(=O)c2ccccc2)C(C)C(=O)NC(C)C)cc1. The number of rotatable bonds is 10. The van der Waals surface area contributed by atoms with Crippen molar-refractivity contribution >= 4 is 39.1 Å². The minimum atomic E-state index is -4.12. The lowest BCUT2D eigenvalue weighted by Gasteiger charge is -2.32. The van der Waals surface area contributed by atoms with Crippen LogP contribution in [0.4, 0.5) is 5.69 Å². The van der Waals surface area contributed by atoms with Gasteiger partial charge in [0.25, 0.3) is 10.0 Å². The summed E-state index contributed by atoms with van der Waals surface area (Å²) in [5.74, 6) is -0.827. The smallest absolute Gasteiger partial charge is 0.264 e. The molecule has 0 heterocycles. The van der Waals surface area contributed by atoms with Crippen molar-refractivity contribution < 1.29 is 18.0 Å². The second-order valence-electron chi connectivity index (χ2n) is 9.60. The molecule has 0 aliphatic heterocycles. The van der Waals surface area contributed by atoms with Crippen LogP contribution in [0.2, 0.25) is 5.02 Å². The van der Waals surface area contributed by atoms with Gasteiger partial charge in [-0.2, -0.15) is 0 Å². The lowest BCUT2D eigenvalue weighted by Crippen LogP contribution is -2.52. The fraction of sp³-hybridized carbons (Fsp3) is 0.310. The largest absolute Gasteiger partial charge is 0.352 e. The Hall–Kier alpha value is -3.36. The summed E-state index contributed by atoms with van der Waals surface area (Å²) in [5.41, 5.74) is 2.82. The van der Waals surface area contributed by atoms with Crippen molar-refractivity contribution in [3.8, 4) is 0 Å². The molecule has 0 saturated carbocycles. The molecule has 0 fully saturated rings. The monoisotopic (exact) mass is 555 g/mol. The maximum atomic E-state index is 13.9. The molecule has 0 aliphatic carbocycles. The average molecular weight is 556 g/mol. The molecule has 9 heteroatoms. The minimum Gasteiger partial charge on any atom is -0.352 e. The third kappa shape index (κ3) is 7.14. The molecule has 202 valence electrons. The molecule has 1 atom stereocenters. The van der Waals surface area contributed by atoms with Crippen molar-refractivity contribution in [1.82, 2.24) is 10.2 Å². The Kier molecular flexibility index (Phi) is 9.57. The van der Waals surface area contributed by atoms with Gasteiger partial charge in [-0.25, -0.2) is 8.42 Å². The van der Waals surface area contributed by atoms with Crippen LogP contribution in [0.15, 0.2) is 77.7 Å². The second-order valence-corrected chi connectivity index (χ2v) is 11.9. The van der Waals surface area contributed by atoms with Crippen LogP contribution < -0.4 is 9.62 Å². The predicted octanol–water partition coefficient (Wildman–Crippen LogP) is 5.09. The summed E-state index contributed by atoms with van der Waals surface area (Å²) in [6, 6.07) is 19.5. The van der Waals surface area contributed by atoms with Crippen molar-refractivity contribution in [2.24, 2.45) is 0 Å². The van der Waals surface area contributed by atoms with Crippen LogP contribution >= 0.6 is 11.6 Å². The van der Waals surface area contributed by atoms with Gasteiger partial charge in [-0.05, 0) is 76.1 Å². The Morgan fingerprint density at radius 3 is 2.13 bits per heavy atom. The Morgan fingerprint density at radius 1 is 0.921 bits per heavy atom. The summed E-state index contributed by atoms with van der Waals surface area (Å²) in [4.78, 5) is 28.3. The summed E-state index contributed by atoms with van der Waals surface area (Å²) >= 11 is 6.14. The van der Waals surface area contributed by atoms with E-state index in [0.29, 0.717) is 16.3 Å². The van der Waals surface area contributed by atoms with E-state index in [0.717, 1.165) is 15.4 Å². The van der Waals surface area contributed by atoms with Gasteiger partial charge >= 0.3 is 0 Å². The third-order valence-corrected chi connectivity index (χ3v) is 8.12. The number of hydrogen-bond acceptors (Lipinski definition) is 4. The van der Waals surface area contributed by atoms with E-state index in [-0.39, 0.29) is 23.4 Å². The third-order valence-electron chi connectivity index (χ3n) is 6.11. The number of carbonyl (C=O) groups excluding carboxylic acids is 2. The quantitative estimate of drug-likeness (QED) is 0.377. The number of amides is 2. The van der Waals surface area contributed by atoms with Crippen LogP contribution in [-0.2, 0) is 26.2 Å². The maximum absolute atomic E-state index is 13.9. The average Bonchev–Trinajstić information content (AvgIpc) is 2.87. The fourth-order valence-electron chi connectivity index (χ4n) is 4.01. The van der Waals surface area contributed by atoms with E-state index in [1.165, 1.54) is 17.0 Å². The summed E-state index contributed by atoms with van der Waals surface area (Å²) < 4.78 is 28.7. The van der Waals surface area contributed by atoms with Crippen LogP contribution in [-0.4, -0.2) is 43.8 Å². The maximum Gasteiger partial charge on any atom is 0.264 e. The van der Waals surface area contributed by atoms with Crippen molar-refractivity contribution in [2.75, 3.05) is 10.8 Å². The lowest BCUT2D eigenvalue weighted by molar-refractivity contribution is -0.139. The molecular formula is C29H34ClN3O4S. The van der Waals surface area contributed by atoms with Gasteiger partial charge < -0.3 is 10.2 Å². The predicted molar refractivity (Wildman–Crippen MR) is 152 cm³/mol. The molecule has 3 aromatic carbocycles. The molecule has 38 heavy (non-hydrogen) atoms. The molecule has 7 nitrogen and oxygen atoms in total. The summed E-state index contributed by atoms with van der Waals surface area (Å²) in [7, 11) is -4.12. The highest BCUT2D eigenvalue weighted by molar-refractivity contribution is 7.92. The number of carbonyl (C=O) groups is 2. The summed E-state index contributed by atoms with van der Waals surface area (Å²) in [5, 5.41) is 3.30. The van der Waals surface area contributed by atoms with Gasteiger partial charge in [0, 0.05) is 17.6 Å². The zero-order chi connectivity index (χ0) is 28.0. The molecule has 2 amide bonds. The van der Waals surface area contributed by atoms with Gasteiger partial charge in [-0.1, -0.05) is 59.6 Å². The number of anilines is 1. The highest BCUT2D eigenvalue weighted by atomic mass is 35.5. The number of halogens is 1. The van der Waals surface area contributed by atoms with Gasteiger partial charge in [0.15, 0.2) is 0 Å². The van der Waals surface area contributed by atoms with Crippen molar-refractivity contribution in [1.29, 1.82) is 0 Å². The Balaban J connectivity index is 2.05. The molecular weight excluding hydrogens is 522 g/mol. The number of nitrogens with one attached hydrogen (secondary N) is 1. The molecule has 3 rings (SSSR count). The van der Waals surface area contributed by atoms with E-state index in [2.05, 4.69) is 5.32 Å². The van der Waals surface area contributed by atoms with Crippen molar-refractivity contribution in [3.05, 3.63) is 94.5 Å². The van der Waals surface area contributed by atoms with Gasteiger partial charge in [0.05, 0.1) is 10.6 Å². The molecule has 3 aromatic rings. The standard InChI is InChI=1S/C29H34ClN3O4S/c1-20(2)31-29(35)23(5)32(18-24-13-11-21(3)12-14-24)28(34)19-33(27-16-15-25(30)17-22(27)4)38(36,37)26-9-7-6-8-10-26/h6-17,20,23H,18-19H2,1-5H3,(H,31,35). The molecule has 0 spiro atoms. The second kappa shape index (κ2) is 12.5. The highest BCUT2D eigenvalue weighted by Gasteiger charge is 2.33. The number of benzene rings is 3. The van der Waals surface area contributed by atoms with E-state index in [4.69, 9.17) is 11.6 Å². The Morgan fingerprint density at radius 2 is 1.55 bits per heavy atom. The van der Waals surface area contributed by atoms with Crippen LogP contribution in [0.5, 0.6) is 0 Å². The van der Waals surface area contributed by atoms with Crippen molar-refractivity contribution in [3.63, 3.8) is 0 Å². The first kappa shape index (κ1) is 29.2. The Bertz CT molecular complexity index is 1380. The molecule has 0 radical (unpaired) electrons. The minimum absolute atomic E-state index is 0.0535. The molecule has 0 aromatic heterocycles. The zero-order valence-corrected chi connectivity index (χ0v) is 23.9. The van der Waals surface area contributed by atoms with Crippen LogP contribution in [0, 0.1) is 13.8 Å². The van der Waals surface area contributed by atoms with Crippen LogP contribution in [0.25, 0.3) is 0 Å². The number of hydrogen-bond donors (Lipinski definition) is 1. The molecule has 0 aliphatic rings. The molecule has 0 bridgehead atoms. The van der Waals surface area contributed by atoms with E-state index in [9.17, 15) is 18.0 Å². The summed E-state index contributed by atoms with van der Waals surface area (Å²) in [6.45, 7) is 8.68. The van der Waals surface area contributed by atoms with Crippen molar-refractivity contribution in [2.45, 2.75) is 58.1 Å². The van der Waals surface area contributed by atoms with Gasteiger partial charge in [0.1, 0.15) is 12.6 Å². The normalized spacial score (nSPS) is 12.2. The van der Waals surface area contributed by atoms with Crippen LogP contribution in [0.1, 0.15) is 37.5 Å². The Labute approximate surface area is 230 Å². The van der Waals surface area contributed by atoms with Gasteiger partial charge in [0.2, 0.25) is 11.8 Å². The molecule has 1 unspecified atom stereocenters. The number of aryl methyl sites for hydroxylation is 2. The molecule has 0 saturated heterocycles. The highest BCUT2D eigenvalue weighted by Crippen LogP contribution is 2.29. The van der Waals surface area contributed by atoms with E-state index >= 15 is 0 Å². The zero-order valence-electron chi connectivity index (χ0n) is 22.3. The lowest BCUT2D eigenvalue weighted by atomic mass is 10.1. The first-order valence-corrected chi connectivity index (χ1v) is 14.2. The van der Waals surface area contributed by atoms with E-state index in [1.54, 1.807) is 50.2 Å². The van der Waals surface area contributed by atoms with Gasteiger partial charge in [-0.3, -0.25) is 13.9 Å². The van der Waals surface area contributed by atoms with Crippen LogP contribution in [0.3, 0.4) is 0 Å². The fourth-order valence-corrected chi connectivity index (χ4v) is 5.74. The number of nitrogens with zero attached hydrogens (tertiary/aromatic N) is 2. The first-order chi connectivity index (χ1) is 17.9. The van der Waals surface area contributed by atoms with E-state index < -0.39 is 28.5 Å². The van der Waals surface area contributed by atoms with E-state index in [1.807, 2.05) is 45.0 Å². The van der Waals surface area contributed by atoms with Gasteiger partial charge in [-0.15, -0.1) is 0 Å². The number of sulfonamides is 1. The summed E-state index contributed by atoms with van der Waals surface area (Å²) in [6.07, 6.45) is 0. The molecule has 1 N–H and O–H groups in total.